The maximum absolute atomic E-state index is 9.74. The van der Waals surface area contributed by atoms with Crippen molar-refractivity contribution < 1.29 is 9.84 Å². The van der Waals surface area contributed by atoms with Crippen molar-refractivity contribution in [3.63, 3.8) is 0 Å². The molecule has 14 heavy (non-hydrogen) atoms. The smallest absolute Gasteiger partial charge is 0.101 e. The topological polar surface area (TPSA) is 41.5 Å². The molecule has 3 nitrogen and oxygen atoms in total. The molecule has 0 aromatic carbocycles. The zero-order valence-electron chi connectivity index (χ0n) is 8.62. The fourth-order valence-electron chi connectivity index (χ4n) is 1.15. The van der Waals surface area contributed by atoms with E-state index in [1.807, 2.05) is 19.1 Å². The standard InChI is InChI=1S/C10H17NO2S/c1-8-3-4-10(14-8)9(12)7-11-5-6-13-2/h3-4,9,11-12H,5-7H2,1-2H3. The monoisotopic (exact) mass is 215 g/mol. The second kappa shape index (κ2) is 6.14. The zero-order valence-corrected chi connectivity index (χ0v) is 9.43. The molecule has 0 fully saturated rings. The number of hydrogen-bond acceptors (Lipinski definition) is 4. The lowest BCUT2D eigenvalue weighted by molar-refractivity contribution is 0.164. The fraction of sp³-hybridized carbons (Fsp3) is 0.600. The van der Waals surface area contributed by atoms with E-state index in [0.717, 1.165) is 11.4 Å². The summed E-state index contributed by atoms with van der Waals surface area (Å²) in [5.41, 5.74) is 0. The van der Waals surface area contributed by atoms with Gasteiger partial charge in [-0.2, -0.15) is 0 Å². The summed E-state index contributed by atoms with van der Waals surface area (Å²) >= 11 is 1.64. The quantitative estimate of drug-likeness (QED) is 0.703. The Bertz CT molecular complexity index is 262. The van der Waals surface area contributed by atoms with Gasteiger partial charge >= 0.3 is 0 Å². The minimum Gasteiger partial charge on any atom is -0.386 e. The normalized spacial score (nSPS) is 13.1. The molecule has 0 saturated heterocycles. The third kappa shape index (κ3) is 3.75. The van der Waals surface area contributed by atoms with E-state index < -0.39 is 6.10 Å². The summed E-state index contributed by atoms with van der Waals surface area (Å²) < 4.78 is 4.89. The summed E-state index contributed by atoms with van der Waals surface area (Å²) in [4.78, 5) is 2.25. The lowest BCUT2D eigenvalue weighted by Crippen LogP contribution is -2.24. The summed E-state index contributed by atoms with van der Waals surface area (Å²) in [7, 11) is 1.67. The van der Waals surface area contributed by atoms with Gasteiger partial charge in [0.15, 0.2) is 0 Å². The van der Waals surface area contributed by atoms with E-state index in [2.05, 4.69) is 5.32 Å². The average molecular weight is 215 g/mol. The predicted molar refractivity (Wildman–Crippen MR) is 58.8 cm³/mol. The second-order valence-electron chi connectivity index (χ2n) is 3.16. The molecule has 1 aromatic heterocycles. The van der Waals surface area contributed by atoms with E-state index in [0.29, 0.717) is 13.2 Å². The van der Waals surface area contributed by atoms with Gasteiger partial charge in [-0.3, -0.25) is 0 Å². The Labute approximate surface area is 88.7 Å². The summed E-state index contributed by atoms with van der Waals surface area (Å²) in [6.07, 6.45) is -0.398. The van der Waals surface area contributed by atoms with Crippen molar-refractivity contribution in [2.24, 2.45) is 0 Å². The van der Waals surface area contributed by atoms with Crippen LogP contribution in [0.2, 0.25) is 0 Å². The van der Waals surface area contributed by atoms with Crippen LogP contribution in [0.3, 0.4) is 0 Å². The largest absolute Gasteiger partial charge is 0.386 e. The maximum atomic E-state index is 9.74. The van der Waals surface area contributed by atoms with Crippen LogP contribution in [-0.4, -0.2) is 31.9 Å². The van der Waals surface area contributed by atoms with Gasteiger partial charge in [0.1, 0.15) is 6.10 Å². The molecular formula is C10H17NO2S. The Balaban J connectivity index is 2.25. The Hall–Kier alpha value is -0.420. The highest BCUT2D eigenvalue weighted by atomic mass is 32.1. The SMILES string of the molecule is COCCNCC(O)c1ccc(C)s1. The number of ether oxygens (including phenoxy) is 1. The molecule has 80 valence electrons. The Morgan fingerprint density at radius 2 is 2.36 bits per heavy atom. The third-order valence-electron chi connectivity index (χ3n) is 1.91. The van der Waals surface area contributed by atoms with E-state index in [4.69, 9.17) is 4.74 Å². The summed E-state index contributed by atoms with van der Waals surface area (Å²) in [6.45, 7) is 4.08. The zero-order chi connectivity index (χ0) is 10.4. The Kier molecular flexibility index (Phi) is 5.11. The van der Waals surface area contributed by atoms with Gasteiger partial charge in [0.25, 0.3) is 0 Å². The Morgan fingerprint density at radius 1 is 1.57 bits per heavy atom. The Morgan fingerprint density at radius 3 is 2.93 bits per heavy atom. The van der Waals surface area contributed by atoms with Gasteiger partial charge in [-0.1, -0.05) is 0 Å². The van der Waals surface area contributed by atoms with E-state index in [9.17, 15) is 5.11 Å². The molecule has 1 rings (SSSR count). The lowest BCUT2D eigenvalue weighted by atomic mass is 10.3. The first-order valence-corrected chi connectivity index (χ1v) is 5.49. The summed E-state index contributed by atoms with van der Waals surface area (Å²) in [5.74, 6) is 0. The molecule has 4 heteroatoms. The van der Waals surface area contributed by atoms with Crippen LogP contribution in [0.4, 0.5) is 0 Å². The van der Waals surface area contributed by atoms with E-state index in [1.165, 1.54) is 4.88 Å². The lowest BCUT2D eigenvalue weighted by Gasteiger charge is -2.09. The second-order valence-corrected chi connectivity index (χ2v) is 4.48. The van der Waals surface area contributed by atoms with Crippen LogP contribution in [0.25, 0.3) is 0 Å². The number of rotatable bonds is 6. The molecule has 1 unspecified atom stereocenters. The summed E-state index contributed by atoms with van der Waals surface area (Å²) in [5, 5.41) is 12.9. The van der Waals surface area contributed by atoms with Crippen LogP contribution in [0.15, 0.2) is 12.1 Å². The highest BCUT2D eigenvalue weighted by Gasteiger charge is 2.08. The molecule has 0 spiro atoms. The first kappa shape index (κ1) is 11.7. The van der Waals surface area contributed by atoms with Crippen molar-refractivity contribution in [3.05, 3.63) is 21.9 Å². The molecule has 1 heterocycles. The van der Waals surface area contributed by atoms with Crippen molar-refractivity contribution in [2.45, 2.75) is 13.0 Å². The van der Waals surface area contributed by atoms with Crippen LogP contribution in [0.5, 0.6) is 0 Å². The molecule has 0 aliphatic heterocycles. The number of nitrogens with one attached hydrogen (secondary N) is 1. The van der Waals surface area contributed by atoms with Gasteiger partial charge in [-0.05, 0) is 19.1 Å². The van der Waals surface area contributed by atoms with Crippen molar-refractivity contribution >= 4 is 11.3 Å². The van der Waals surface area contributed by atoms with Gasteiger partial charge in [-0.15, -0.1) is 11.3 Å². The molecule has 0 radical (unpaired) electrons. The molecular weight excluding hydrogens is 198 g/mol. The summed E-state index contributed by atoms with van der Waals surface area (Å²) in [6, 6.07) is 4.00. The minimum atomic E-state index is -0.398. The van der Waals surface area contributed by atoms with E-state index in [1.54, 1.807) is 18.4 Å². The van der Waals surface area contributed by atoms with Crippen molar-refractivity contribution in [3.8, 4) is 0 Å². The van der Waals surface area contributed by atoms with Crippen molar-refractivity contribution in [2.75, 3.05) is 26.8 Å². The number of hydrogen-bond donors (Lipinski definition) is 2. The first-order valence-electron chi connectivity index (χ1n) is 4.68. The number of aliphatic hydroxyl groups is 1. The van der Waals surface area contributed by atoms with Gasteiger partial charge < -0.3 is 15.2 Å². The fourth-order valence-corrected chi connectivity index (χ4v) is 2.01. The molecule has 0 amide bonds. The number of aliphatic hydroxyl groups excluding tert-OH is 1. The first-order chi connectivity index (χ1) is 6.74. The number of thiophene rings is 1. The van der Waals surface area contributed by atoms with Gasteiger partial charge in [0, 0.05) is 30.0 Å². The highest BCUT2D eigenvalue weighted by Crippen LogP contribution is 2.21. The molecule has 0 bridgehead atoms. The predicted octanol–water partition coefficient (Wildman–Crippen LogP) is 1.33. The molecule has 0 aliphatic carbocycles. The van der Waals surface area contributed by atoms with Crippen LogP contribution >= 0.6 is 11.3 Å². The van der Waals surface area contributed by atoms with Gasteiger partial charge in [0.2, 0.25) is 0 Å². The highest BCUT2D eigenvalue weighted by molar-refractivity contribution is 7.12. The number of aryl methyl sites for hydroxylation is 1. The maximum Gasteiger partial charge on any atom is 0.101 e. The molecule has 0 aliphatic rings. The molecule has 2 N–H and O–H groups in total. The van der Waals surface area contributed by atoms with E-state index >= 15 is 0 Å². The van der Waals surface area contributed by atoms with Gasteiger partial charge in [-0.25, -0.2) is 0 Å². The van der Waals surface area contributed by atoms with Crippen molar-refractivity contribution in [1.29, 1.82) is 0 Å². The van der Waals surface area contributed by atoms with Crippen molar-refractivity contribution in [1.82, 2.24) is 5.32 Å². The molecule has 1 atom stereocenters. The van der Waals surface area contributed by atoms with Gasteiger partial charge in [0.05, 0.1) is 6.61 Å². The average Bonchev–Trinajstić information content (AvgIpc) is 2.59. The third-order valence-corrected chi connectivity index (χ3v) is 3.01. The molecule has 1 aromatic rings. The van der Waals surface area contributed by atoms with Crippen LogP contribution in [0, 0.1) is 6.92 Å². The van der Waals surface area contributed by atoms with Crippen LogP contribution in [-0.2, 0) is 4.74 Å². The van der Waals surface area contributed by atoms with E-state index in [-0.39, 0.29) is 0 Å². The molecule has 0 saturated carbocycles. The van der Waals surface area contributed by atoms with Crippen LogP contribution in [0.1, 0.15) is 15.9 Å². The minimum absolute atomic E-state index is 0.398. The van der Waals surface area contributed by atoms with Crippen LogP contribution < -0.4 is 5.32 Å². The number of methoxy groups -OCH3 is 1.